The second-order valence-electron chi connectivity index (χ2n) is 4.67. The molecule has 0 atom stereocenters. The monoisotopic (exact) mass is 312 g/mol. The van der Waals surface area contributed by atoms with Gasteiger partial charge in [-0.15, -0.1) is 0 Å². The fourth-order valence-corrected chi connectivity index (χ4v) is 1.84. The maximum Gasteiger partial charge on any atom is 0.416 e. The molecule has 0 saturated carbocycles. The van der Waals surface area contributed by atoms with Crippen molar-refractivity contribution in [1.82, 2.24) is 0 Å². The van der Waals surface area contributed by atoms with Gasteiger partial charge < -0.3 is 10.6 Å². The van der Waals surface area contributed by atoms with Crippen LogP contribution in [0.1, 0.15) is 11.1 Å². The number of nitrogens with one attached hydrogen (secondary N) is 2. The van der Waals surface area contributed by atoms with E-state index < -0.39 is 23.6 Å². The van der Waals surface area contributed by atoms with E-state index in [9.17, 15) is 22.4 Å². The van der Waals surface area contributed by atoms with Crippen LogP contribution in [-0.2, 0) is 6.18 Å². The SMILES string of the molecule is Cc1cc(F)cc(NC(=O)Nc2ccc(C(F)(F)F)cc2)c1. The van der Waals surface area contributed by atoms with Crippen LogP contribution in [0, 0.1) is 12.7 Å². The van der Waals surface area contributed by atoms with E-state index in [1.807, 2.05) is 0 Å². The van der Waals surface area contributed by atoms with Gasteiger partial charge in [0.2, 0.25) is 0 Å². The molecule has 0 radical (unpaired) electrons. The summed E-state index contributed by atoms with van der Waals surface area (Å²) in [6.07, 6.45) is -4.43. The van der Waals surface area contributed by atoms with E-state index in [-0.39, 0.29) is 11.4 Å². The number of urea groups is 1. The number of hydrogen-bond donors (Lipinski definition) is 2. The minimum atomic E-state index is -4.43. The number of amides is 2. The van der Waals surface area contributed by atoms with E-state index in [1.54, 1.807) is 13.0 Å². The highest BCUT2D eigenvalue weighted by Crippen LogP contribution is 2.29. The summed E-state index contributed by atoms with van der Waals surface area (Å²) in [5.74, 6) is -0.496. The summed E-state index contributed by atoms with van der Waals surface area (Å²) in [6.45, 7) is 1.67. The zero-order chi connectivity index (χ0) is 16.3. The van der Waals surface area contributed by atoms with Crippen molar-refractivity contribution >= 4 is 17.4 Å². The molecule has 0 aliphatic heterocycles. The number of aryl methyl sites for hydroxylation is 1. The Labute approximate surface area is 124 Å². The molecule has 2 N–H and O–H groups in total. The molecule has 0 aliphatic carbocycles. The highest BCUT2D eigenvalue weighted by molar-refractivity contribution is 5.99. The molecular formula is C15H12F4N2O. The van der Waals surface area contributed by atoms with Crippen LogP contribution in [0.25, 0.3) is 0 Å². The minimum Gasteiger partial charge on any atom is -0.308 e. The van der Waals surface area contributed by atoms with Crippen LogP contribution in [-0.4, -0.2) is 6.03 Å². The average molecular weight is 312 g/mol. The predicted molar refractivity (Wildman–Crippen MR) is 75.2 cm³/mol. The van der Waals surface area contributed by atoms with E-state index in [0.717, 1.165) is 30.3 Å². The Hall–Kier alpha value is -2.57. The second kappa shape index (κ2) is 6.05. The predicted octanol–water partition coefficient (Wildman–Crippen LogP) is 4.80. The summed E-state index contributed by atoms with van der Waals surface area (Å²) in [5.41, 5.74) is 0.268. The first kappa shape index (κ1) is 15.8. The number of hydrogen-bond acceptors (Lipinski definition) is 1. The van der Waals surface area contributed by atoms with Crippen LogP contribution in [0.4, 0.5) is 33.7 Å². The largest absolute Gasteiger partial charge is 0.416 e. The van der Waals surface area contributed by atoms with Gasteiger partial charge in [-0.25, -0.2) is 9.18 Å². The van der Waals surface area contributed by atoms with Crippen LogP contribution >= 0.6 is 0 Å². The number of carbonyl (C=O) groups excluding carboxylic acids is 1. The summed E-state index contributed by atoms with van der Waals surface area (Å²) in [7, 11) is 0. The molecule has 0 aliphatic rings. The van der Waals surface area contributed by atoms with Gasteiger partial charge in [0.1, 0.15) is 5.82 Å². The zero-order valence-corrected chi connectivity index (χ0v) is 11.5. The average Bonchev–Trinajstić information content (AvgIpc) is 2.36. The topological polar surface area (TPSA) is 41.1 Å². The van der Waals surface area contributed by atoms with Crippen LogP contribution < -0.4 is 10.6 Å². The highest BCUT2D eigenvalue weighted by Gasteiger charge is 2.29. The number of rotatable bonds is 2. The number of carbonyl (C=O) groups is 1. The molecule has 0 aromatic heterocycles. The zero-order valence-electron chi connectivity index (χ0n) is 11.5. The summed E-state index contributed by atoms with van der Waals surface area (Å²) in [6, 6.07) is 7.33. The molecule has 22 heavy (non-hydrogen) atoms. The van der Waals surface area contributed by atoms with Gasteiger partial charge in [0.25, 0.3) is 0 Å². The molecule has 0 spiro atoms. The van der Waals surface area contributed by atoms with Gasteiger partial charge >= 0.3 is 12.2 Å². The quantitative estimate of drug-likeness (QED) is 0.769. The van der Waals surface area contributed by atoms with Crippen LogP contribution in [0.3, 0.4) is 0 Å². The second-order valence-corrected chi connectivity index (χ2v) is 4.67. The van der Waals surface area contributed by atoms with Crippen molar-refractivity contribution in [2.45, 2.75) is 13.1 Å². The summed E-state index contributed by atoms with van der Waals surface area (Å²) in [4.78, 5) is 11.7. The normalized spacial score (nSPS) is 11.1. The van der Waals surface area contributed by atoms with Gasteiger partial charge in [0.15, 0.2) is 0 Å². The van der Waals surface area contributed by atoms with Crippen molar-refractivity contribution in [3.63, 3.8) is 0 Å². The lowest BCUT2D eigenvalue weighted by Gasteiger charge is -2.10. The molecule has 2 aromatic rings. The van der Waals surface area contributed by atoms with Crippen LogP contribution in [0.5, 0.6) is 0 Å². The Kier molecular flexibility index (Phi) is 4.35. The van der Waals surface area contributed by atoms with E-state index in [4.69, 9.17) is 0 Å². The Bertz CT molecular complexity index is 661. The van der Waals surface area contributed by atoms with Crippen LogP contribution in [0.2, 0.25) is 0 Å². The summed E-state index contributed by atoms with van der Waals surface area (Å²) < 4.78 is 50.4. The molecule has 0 fully saturated rings. The molecule has 2 aromatic carbocycles. The Morgan fingerprint density at radius 2 is 1.55 bits per heavy atom. The van der Waals surface area contributed by atoms with Gasteiger partial charge in [-0.3, -0.25) is 0 Å². The lowest BCUT2D eigenvalue weighted by Crippen LogP contribution is -2.19. The maximum absolute atomic E-state index is 13.2. The first-order chi connectivity index (χ1) is 10.2. The molecule has 0 bridgehead atoms. The molecule has 0 unspecified atom stereocenters. The molecule has 116 valence electrons. The Morgan fingerprint density at radius 1 is 0.955 bits per heavy atom. The van der Waals surface area contributed by atoms with Crippen molar-refractivity contribution in [1.29, 1.82) is 0 Å². The molecule has 3 nitrogen and oxygen atoms in total. The van der Waals surface area contributed by atoms with Crippen molar-refractivity contribution < 1.29 is 22.4 Å². The lowest BCUT2D eigenvalue weighted by atomic mass is 10.2. The smallest absolute Gasteiger partial charge is 0.308 e. The molecule has 2 amide bonds. The summed E-state index contributed by atoms with van der Waals surface area (Å²) in [5, 5.41) is 4.77. The first-order valence-corrected chi connectivity index (χ1v) is 6.26. The molecule has 0 saturated heterocycles. The van der Waals surface area contributed by atoms with Gasteiger partial charge in [0, 0.05) is 11.4 Å². The third kappa shape index (κ3) is 4.21. The van der Waals surface area contributed by atoms with Crippen molar-refractivity contribution in [2.24, 2.45) is 0 Å². The van der Waals surface area contributed by atoms with E-state index in [1.165, 1.54) is 6.07 Å². The fourth-order valence-electron chi connectivity index (χ4n) is 1.84. The lowest BCUT2D eigenvalue weighted by molar-refractivity contribution is -0.137. The first-order valence-electron chi connectivity index (χ1n) is 6.26. The third-order valence-corrected chi connectivity index (χ3v) is 2.77. The van der Waals surface area contributed by atoms with Gasteiger partial charge in [0.05, 0.1) is 5.56 Å². The van der Waals surface area contributed by atoms with Gasteiger partial charge in [-0.2, -0.15) is 13.2 Å². The maximum atomic E-state index is 13.2. The highest BCUT2D eigenvalue weighted by atomic mass is 19.4. The number of anilines is 2. The van der Waals surface area contributed by atoms with Crippen molar-refractivity contribution in [3.8, 4) is 0 Å². The van der Waals surface area contributed by atoms with Crippen molar-refractivity contribution in [2.75, 3.05) is 10.6 Å². The van der Waals surface area contributed by atoms with Crippen LogP contribution in [0.15, 0.2) is 42.5 Å². The van der Waals surface area contributed by atoms with Gasteiger partial charge in [-0.1, -0.05) is 0 Å². The van der Waals surface area contributed by atoms with E-state index in [0.29, 0.717) is 5.56 Å². The van der Waals surface area contributed by atoms with E-state index >= 15 is 0 Å². The molecular weight excluding hydrogens is 300 g/mol. The number of alkyl halides is 3. The standard InChI is InChI=1S/C15H12F4N2O/c1-9-6-11(16)8-13(7-9)21-14(22)20-12-4-2-10(3-5-12)15(17,18)19/h2-8H,1H3,(H2,20,21,22). The third-order valence-electron chi connectivity index (χ3n) is 2.77. The molecule has 2 rings (SSSR count). The van der Waals surface area contributed by atoms with E-state index in [2.05, 4.69) is 10.6 Å². The van der Waals surface area contributed by atoms with Gasteiger partial charge in [-0.05, 0) is 55.0 Å². The fraction of sp³-hybridized carbons (Fsp3) is 0.133. The summed E-state index contributed by atoms with van der Waals surface area (Å²) >= 11 is 0. The minimum absolute atomic E-state index is 0.193. The van der Waals surface area contributed by atoms with Crippen molar-refractivity contribution in [3.05, 3.63) is 59.4 Å². The molecule has 7 heteroatoms. The Balaban J connectivity index is 2.03. The molecule has 0 heterocycles. The number of halogens is 4. The number of benzene rings is 2. The Morgan fingerprint density at radius 3 is 2.09 bits per heavy atom.